The highest BCUT2D eigenvalue weighted by Crippen LogP contribution is 2.66. The predicted octanol–water partition coefficient (Wildman–Crippen LogP) is 5.36. The third-order valence-corrected chi connectivity index (χ3v) is 12.7. The van der Waals surface area contributed by atoms with Crippen molar-refractivity contribution in [3.05, 3.63) is 94.8 Å². The van der Waals surface area contributed by atoms with Crippen molar-refractivity contribution >= 4 is 63.9 Å². The van der Waals surface area contributed by atoms with Gasteiger partial charge < -0.3 is 19.5 Å². The second-order valence-electron chi connectivity index (χ2n) is 14.0. The number of halogens is 7. The van der Waals surface area contributed by atoms with Crippen LogP contribution < -0.4 is 19.4 Å². The molecule has 0 radical (unpaired) electrons. The van der Waals surface area contributed by atoms with Crippen molar-refractivity contribution < 1.29 is 55.7 Å². The number of carbonyl (C=O) groups is 4. The van der Waals surface area contributed by atoms with Crippen LogP contribution in [0.15, 0.2) is 60.2 Å². The van der Waals surface area contributed by atoms with Crippen molar-refractivity contribution in [2.45, 2.75) is 28.5 Å². The van der Waals surface area contributed by atoms with E-state index in [1.54, 1.807) is 30.3 Å². The molecular weight excluding hydrogens is 776 g/mol. The number of allylic oxidation sites excluding steroid dienone is 2. The number of alkyl halides is 2. The molecule has 0 aromatic heterocycles. The van der Waals surface area contributed by atoms with E-state index in [0.717, 1.165) is 10.6 Å². The summed E-state index contributed by atoms with van der Waals surface area (Å²) in [6.07, 6.45) is 1.02. The summed E-state index contributed by atoms with van der Waals surface area (Å²) < 4.78 is 84.6. The average molecular weight is 807 g/mol. The van der Waals surface area contributed by atoms with Crippen LogP contribution in [0.1, 0.15) is 24.3 Å². The van der Waals surface area contributed by atoms with E-state index in [0.29, 0.717) is 37.6 Å². The van der Waals surface area contributed by atoms with Crippen LogP contribution in [-0.4, -0.2) is 78.0 Å². The molecule has 288 valence electrons. The van der Waals surface area contributed by atoms with Crippen molar-refractivity contribution in [2.75, 3.05) is 54.2 Å². The number of benzene rings is 3. The van der Waals surface area contributed by atoms with Crippen LogP contribution in [0.25, 0.3) is 0 Å². The molecule has 3 aliphatic heterocycles. The predicted molar refractivity (Wildman–Crippen MR) is 187 cm³/mol. The largest absolute Gasteiger partial charge is 0.491 e. The summed E-state index contributed by atoms with van der Waals surface area (Å²) in [5.74, 6) is -20.8. The molecule has 4 amide bonds. The van der Waals surface area contributed by atoms with Crippen LogP contribution in [0.5, 0.6) is 5.75 Å². The number of hydrogen-bond donors (Lipinski definition) is 1. The molecule has 5 aliphatic rings. The van der Waals surface area contributed by atoms with E-state index in [4.69, 9.17) is 32.7 Å². The van der Waals surface area contributed by atoms with E-state index in [9.17, 15) is 37.5 Å². The number of aliphatic hydroxyl groups excluding tert-OH is 1. The molecular formula is C38H30Cl2F5N3O7. The lowest BCUT2D eigenvalue weighted by Gasteiger charge is -2.50. The zero-order valence-electron chi connectivity index (χ0n) is 28.5. The fourth-order valence-electron chi connectivity index (χ4n) is 8.75. The minimum absolute atomic E-state index is 0.00335. The molecule has 1 saturated carbocycles. The summed E-state index contributed by atoms with van der Waals surface area (Å²) in [4.78, 5) is 55.0. The Bertz CT molecular complexity index is 2140. The molecule has 10 nitrogen and oxygen atoms in total. The quantitative estimate of drug-likeness (QED) is 0.0849. The number of morpholine rings is 1. The molecule has 2 aliphatic carbocycles. The van der Waals surface area contributed by atoms with Crippen LogP contribution >= 0.6 is 23.2 Å². The first-order chi connectivity index (χ1) is 26.3. The number of aliphatic hydroxyl groups is 1. The molecule has 0 bridgehead atoms. The highest BCUT2D eigenvalue weighted by atomic mass is 35.5. The number of hydrogen-bond acceptors (Lipinski definition) is 8. The molecule has 1 N–H and O–H groups in total. The van der Waals surface area contributed by atoms with Crippen molar-refractivity contribution in [2.24, 2.45) is 17.8 Å². The fourth-order valence-corrected chi connectivity index (χ4v) is 9.68. The van der Waals surface area contributed by atoms with Gasteiger partial charge in [-0.25, -0.2) is 26.9 Å². The Labute approximate surface area is 320 Å². The maximum atomic E-state index is 15.3. The van der Waals surface area contributed by atoms with Crippen molar-refractivity contribution in [1.82, 2.24) is 0 Å². The van der Waals surface area contributed by atoms with Crippen molar-refractivity contribution in [3.63, 3.8) is 0 Å². The molecule has 6 atom stereocenters. The number of ether oxygens (including phenoxy) is 2. The number of imide groups is 2. The van der Waals surface area contributed by atoms with Crippen molar-refractivity contribution in [3.8, 4) is 5.75 Å². The number of nitrogens with zero attached hydrogens (tertiary/aromatic N) is 3. The lowest BCUT2D eigenvalue weighted by molar-refractivity contribution is -0.125. The van der Waals surface area contributed by atoms with Gasteiger partial charge in [0, 0.05) is 24.7 Å². The van der Waals surface area contributed by atoms with Gasteiger partial charge in [-0.15, -0.1) is 23.2 Å². The highest BCUT2D eigenvalue weighted by molar-refractivity contribution is 6.58. The zero-order chi connectivity index (χ0) is 39.1. The molecule has 3 saturated heterocycles. The van der Waals surface area contributed by atoms with Gasteiger partial charge >= 0.3 is 0 Å². The number of fused-ring (bicyclic) bond motifs is 4. The Morgan fingerprint density at radius 2 is 1.36 bits per heavy atom. The Kier molecular flexibility index (Phi) is 9.22. The molecule has 3 aromatic carbocycles. The summed E-state index contributed by atoms with van der Waals surface area (Å²) in [5.41, 5.74) is -0.145. The lowest BCUT2D eigenvalue weighted by atomic mass is 9.56. The molecule has 0 spiro atoms. The van der Waals surface area contributed by atoms with E-state index >= 15 is 8.78 Å². The molecule has 6 unspecified atom stereocenters. The monoisotopic (exact) mass is 805 g/mol. The first-order valence-corrected chi connectivity index (χ1v) is 18.1. The summed E-state index contributed by atoms with van der Waals surface area (Å²) >= 11 is 14.4. The molecule has 8 rings (SSSR count). The van der Waals surface area contributed by atoms with Gasteiger partial charge in [-0.2, -0.15) is 0 Å². The SMILES string of the molecule is O=C1C2CC=C3C(CC4(Cl)C(=O)N(c5c(F)c(F)c(F)c(F)c5F)C(=O)C4(Cl)C3c3ccc(OCCO)cc3)C2C(=O)N1c1ccc(N2CCOCC2)cc1. The van der Waals surface area contributed by atoms with E-state index in [1.807, 2.05) is 0 Å². The molecule has 4 fully saturated rings. The highest BCUT2D eigenvalue weighted by Gasteiger charge is 2.77. The summed E-state index contributed by atoms with van der Waals surface area (Å²) in [7, 11) is 0. The average Bonchev–Trinajstić information content (AvgIpc) is 3.54. The second-order valence-corrected chi connectivity index (χ2v) is 15.2. The van der Waals surface area contributed by atoms with Crippen LogP contribution in [0, 0.1) is 46.8 Å². The first-order valence-electron chi connectivity index (χ1n) is 17.4. The topological polar surface area (TPSA) is 117 Å². The molecule has 55 heavy (non-hydrogen) atoms. The number of amides is 4. The van der Waals surface area contributed by atoms with E-state index < -0.39 is 98.2 Å². The van der Waals surface area contributed by atoms with Gasteiger partial charge in [-0.05, 0) is 60.7 Å². The van der Waals surface area contributed by atoms with Crippen LogP contribution in [-0.2, 0) is 23.9 Å². The molecule has 3 heterocycles. The number of carbonyl (C=O) groups excluding carboxylic acids is 4. The standard InChI is InChI=1S/C38H30Cl2F5N3O7/c39-37-17-24-22(9-10-23-25(24)34(51)47(33(23)50)20-5-3-19(4-6-20)46-11-14-54-15-12-46)26(18-1-7-21(8-2-18)55-16-13-49)38(37,40)36(53)48(35(37)52)32-30(44)28(42)27(41)29(43)31(32)45/h1-9,23-26,49H,10-17H2. The minimum Gasteiger partial charge on any atom is -0.491 e. The minimum atomic E-state index is -2.64. The zero-order valence-corrected chi connectivity index (χ0v) is 30.1. The summed E-state index contributed by atoms with van der Waals surface area (Å²) in [6, 6.07) is 12.7. The lowest BCUT2D eigenvalue weighted by Crippen LogP contribution is -2.60. The Balaban J connectivity index is 1.23. The van der Waals surface area contributed by atoms with E-state index in [-0.39, 0.29) is 35.8 Å². The van der Waals surface area contributed by atoms with Gasteiger partial charge in [0.1, 0.15) is 18.0 Å². The van der Waals surface area contributed by atoms with Gasteiger partial charge in [-0.3, -0.25) is 24.1 Å². The van der Waals surface area contributed by atoms with E-state index in [1.165, 1.54) is 24.3 Å². The molecule has 3 aromatic rings. The maximum absolute atomic E-state index is 15.3. The second kappa shape index (κ2) is 13.6. The number of rotatable bonds is 7. The summed E-state index contributed by atoms with van der Waals surface area (Å²) in [6.45, 7) is 2.06. The maximum Gasteiger partial charge on any atom is 0.258 e. The third kappa shape index (κ3) is 5.33. The Hall–Kier alpha value is -4.57. The summed E-state index contributed by atoms with van der Waals surface area (Å²) in [5, 5.41) is 9.19. The molecule has 17 heteroatoms. The van der Waals surface area contributed by atoms with Crippen LogP contribution in [0.3, 0.4) is 0 Å². The van der Waals surface area contributed by atoms with Gasteiger partial charge in [0.2, 0.25) is 17.6 Å². The van der Waals surface area contributed by atoms with Gasteiger partial charge in [-0.1, -0.05) is 23.8 Å². The fraction of sp³-hybridized carbons (Fsp3) is 0.368. The third-order valence-electron chi connectivity index (χ3n) is 11.3. The van der Waals surface area contributed by atoms with Crippen LogP contribution in [0.2, 0.25) is 0 Å². The van der Waals surface area contributed by atoms with E-state index in [2.05, 4.69) is 4.90 Å². The Morgan fingerprint density at radius 1 is 0.764 bits per heavy atom. The van der Waals surface area contributed by atoms with Gasteiger partial charge in [0.05, 0.1) is 37.3 Å². The smallest absolute Gasteiger partial charge is 0.258 e. The normalized spacial score (nSPS) is 29.0. The van der Waals surface area contributed by atoms with Gasteiger partial charge in [0.15, 0.2) is 33.0 Å². The van der Waals surface area contributed by atoms with Crippen molar-refractivity contribution in [1.29, 1.82) is 0 Å². The first kappa shape index (κ1) is 37.4. The van der Waals surface area contributed by atoms with Gasteiger partial charge in [0.25, 0.3) is 11.8 Å². The number of anilines is 3. The van der Waals surface area contributed by atoms with Crippen LogP contribution in [0.4, 0.5) is 39.0 Å². The Morgan fingerprint density at radius 3 is 1.98 bits per heavy atom.